The van der Waals surface area contributed by atoms with Gasteiger partial charge in [0.1, 0.15) is 16.8 Å². The van der Waals surface area contributed by atoms with Gasteiger partial charge >= 0.3 is 0 Å². The summed E-state index contributed by atoms with van der Waals surface area (Å²) in [4.78, 5) is 15.5. The Morgan fingerprint density at radius 1 is 1.05 bits per heavy atom. The molecule has 0 fully saturated rings. The molecule has 5 rings (SSSR count). The number of halogens is 3. The van der Waals surface area contributed by atoms with E-state index < -0.39 is 11.6 Å². The van der Waals surface area contributed by atoms with E-state index in [1.807, 2.05) is 49.3 Å². The Kier molecular flexibility index (Phi) is 6.95. The number of benzene rings is 2. The molecule has 2 aromatic carbocycles. The monoisotopic (exact) mass is 513 g/mol. The van der Waals surface area contributed by atoms with Gasteiger partial charge in [-0.15, -0.1) is 0 Å². The first-order valence-electron chi connectivity index (χ1n) is 11.6. The second kappa shape index (κ2) is 10.5. The molecule has 0 saturated heterocycles. The minimum Gasteiger partial charge on any atom is -0.324 e. The maximum Gasteiger partial charge on any atom is 0.227 e. The first kappa shape index (κ1) is 24.6. The second-order valence-electron chi connectivity index (χ2n) is 8.78. The Morgan fingerprint density at radius 3 is 2.62 bits per heavy atom. The van der Waals surface area contributed by atoms with Gasteiger partial charge in [0.2, 0.25) is 5.95 Å². The van der Waals surface area contributed by atoms with Gasteiger partial charge in [0.25, 0.3) is 0 Å². The number of fused-ring (bicyclic) bond motifs is 3. The Morgan fingerprint density at radius 2 is 1.84 bits per heavy atom. The van der Waals surface area contributed by atoms with E-state index in [1.54, 1.807) is 12.4 Å². The number of nitrogens with zero attached hydrogens (tertiary/aromatic N) is 4. The molecule has 2 aliphatic rings. The Bertz CT molecular complexity index is 1550. The van der Waals surface area contributed by atoms with E-state index in [2.05, 4.69) is 27.1 Å². The van der Waals surface area contributed by atoms with Crippen LogP contribution in [-0.2, 0) is 6.42 Å². The lowest BCUT2D eigenvalue weighted by Crippen LogP contribution is -2.10. The molecule has 0 saturated carbocycles. The third kappa shape index (κ3) is 5.36. The van der Waals surface area contributed by atoms with Crippen LogP contribution in [0.25, 0.3) is 11.1 Å². The largest absolute Gasteiger partial charge is 0.324 e. The predicted molar refractivity (Wildman–Crippen MR) is 145 cm³/mol. The quantitative estimate of drug-likeness (QED) is 0.437. The fourth-order valence-electron chi connectivity index (χ4n) is 4.11. The minimum atomic E-state index is -0.678. The van der Waals surface area contributed by atoms with Crippen molar-refractivity contribution in [3.05, 3.63) is 107 Å². The number of aromatic nitrogens is 2. The molecule has 5 nitrogen and oxygen atoms in total. The summed E-state index contributed by atoms with van der Waals surface area (Å²) < 4.78 is 29.5. The zero-order valence-corrected chi connectivity index (χ0v) is 20.9. The van der Waals surface area contributed by atoms with Crippen LogP contribution < -0.4 is 5.32 Å². The molecule has 1 aromatic heterocycles. The summed E-state index contributed by atoms with van der Waals surface area (Å²) >= 11 is 6.27. The maximum absolute atomic E-state index is 14.7. The van der Waals surface area contributed by atoms with E-state index in [0.29, 0.717) is 41.3 Å². The minimum absolute atomic E-state index is 0.113. The van der Waals surface area contributed by atoms with E-state index in [9.17, 15) is 8.78 Å². The Labute approximate surface area is 218 Å². The van der Waals surface area contributed by atoms with Gasteiger partial charge in [0.05, 0.1) is 17.8 Å². The van der Waals surface area contributed by atoms with Crippen molar-refractivity contribution in [1.29, 1.82) is 0 Å². The van der Waals surface area contributed by atoms with E-state index in [4.69, 9.17) is 16.6 Å². The molecule has 0 bridgehead atoms. The molecule has 8 heteroatoms. The third-order valence-corrected chi connectivity index (χ3v) is 5.99. The summed E-state index contributed by atoms with van der Waals surface area (Å²) in [6.07, 6.45) is 7.18. The highest BCUT2D eigenvalue weighted by molar-refractivity contribution is 6.69. The number of anilines is 2. The average Bonchev–Trinajstić information content (AvgIpc) is 3.03. The highest BCUT2D eigenvalue weighted by Crippen LogP contribution is 2.41. The molecule has 1 aliphatic carbocycles. The SMILES string of the molecule is CN(C)CC#Cc1cccc(Nc2ncc3c(n2)C2=CN=C(Cl)C=C(c4c(F)cccc4F)C2=CC3)c1. The first-order valence-corrected chi connectivity index (χ1v) is 11.9. The normalized spacial score (nSPS) is 14.2. The summed E-state index contributed by atoms with van der Waals surface area (Å²) in [7, 11) is 3.94. The standard InChI is InChI=1S/C29H22ClF2N5/c1-37(2)13-5-7-18-6-3-8-20(14-18)35-29-34-16-19-11-12-21-22(27-24(31)9-4-10-25(27)32)15-26(30)33-17-23(21)28(19)36-29/h3-4,6,8-10,12,14-17H,11,13H2,1-2H3,(H,34,35,36). The van der Waals surface area contributed by atoms with Crippen LogP contribution in [0.3, 0.4) is 0 Å². The number of hydrogen-bond donors (Lipinski definition) is 1. The maximum atomic E-state index is 14.7. The van der Waals surface area contributed by atoms with Crippen LogP contribution >= 0.6 is 11.6 Å². The van der Waals surface area contributed by atoms with Crippen molar-refractivity contribution in [1.82, 2.24) is 14.9 Å². The van der Waals surface area contributed by atoms with Crippen molar-refractivity contribution < 1.29 is 8.78 Å². The number of rotatable bonds is 4. The molecular weight excluding hydrogens is 492 g/mol. The number of allylic oxidation sites excluding steroid dienone is 5. The van der Waals surface area contributed by atoms with E-state index >= 15 is 0 Å². The summed E-state index contributed by atoms with van der Waals surface area (Å²) in [5.74, 6) is 5.29. The van der Waals surface area contributed by atoms with Gasteiger partial charge in [0.15, 0.2) is 0 Å². The smallest absolute Gasteiger partial charge is 0.227 e. The molecule has 0 unspecified atom stereocenters. The van der Waals surface area contributed by atoms with Crippen LogP contribution in [-0.4, -0.2) is 40.7 Å². The van der Waals surface area contributed by atoms with Gasteiger partial charge in [-0.25, -0.2) is 23.7 Å². The van der Waals surface area contributed by atoms with Gasteiger partial charge in [-0.2, -0.15) is 0 Å². The van der Waals surface area contributed by atoms with Crippen LogP contribution in [0.2, 0.25) is 0 Å². The van der Waals surface area contributed by atoms with Crippen molar-refractivity contribution >= 4 is 39.6 Å². The molecular formula is C29H22ClF2N5. The van der Waals surface area contributed by atoms with Crippen molar-refractivity contribution in [2.24, 2.45) is 4.99 Å². The molecule has 184 valence electrons. The Balaban J connectivity index is 1.49. The van der Waals surface area contributed by atoms with Crippen molar-refractivity contribution in [2.75, 3.05) is 26.0 Å². The average molecular weight is 514 g/mol. The number of aliphatic imine (C=N–C) groups is 1. The lowest BCUT2D eigenvalue weighted by molar-refractivity contribution is 0.464. The molecule has 1 aliphatic heterocycles. The number of hydrogen-bond acceptors (Lipinski definition) is 5. The summed E-state index contributed by atoms with van der Waals surface area (Å²) in [5.41, 5.74) is 4.52. The van der Waals surface area contributed by atoms with Crippen molar-refractivity contribution in [3.63, 3.8) is 0 Å². The predicted octanol–water partition coefficient (Wildman–Crippen LogP) is 5.97. The molecule has 37 heavy (non-hydrogen) atoms. The van der Waals surface area contributed by atoms with Crippen LogP contribution in [0.1, 0.15) is 22.4 Å². The Hall–Kier alpha value is -4.12. The molecule has 0 spiro atoms. The van der Waals surface area contributed by atoms with Gasteiger partial charge in [-0.1, -0.05) is 41.7 Å². The zero-order valence-electron chi connectivity index (χ0n) is 20.2. The summed E-state index contributed by atoms with van der Waals surface area (Å²) in [6.45, 7) is 0.663. The topological polar surface area (TPSA) is 53.4 Å². The van der Waals surface area contributed by atoms with E-state index in [0.717, 1.165) is 16.8 Å². The fraction of sp³-hybridized carbons (Fsp3) is 0.138. The molecule has 1 N–H and O–H groups in total. The zero-order chi connectivity index (χ0) is 25.9. The highest BCUT2D eigenvalue weighted by Gasteiger charge is 2.27. The summed E-state index contributed by atoms with van der Waals surface area (Å²) in [6, 6.07) is 11.4. The second-order valence-corrected chi connectivity index (χ2v) is 9.17. The molecule has 2 heterocycles. The van der Waals surface area contributed by atoms with Crippen LogP contribution in [0.4, 0.5) is 20.4 Å². The van der Waals surface area contributed by atoms with Gasteiger partial charge in [-0.3, -0.25) is 4.90 Å². The van der Waals surface area contributed by atoms with Crippen molar-refractivity contribution in [3.8, 4) is 11.8 Å². The van der Waals surface area contributed by atoms with Crippen LogP contribution in [0.15, 0.2) is 77.6 Å². The van der Waals surface area contributed by atoms with Crippen LogP contribution in [0, 0.1) is 23.5 Å². The first-order chi connectivity index (χ1) is 17.9. The van der Waals surface area contributed by atoms with Gasteiger partial charge < -0.3 is 5.32 Å². The lowest BCUT2D eigenvalue weighted by Gasteiger charge is -2.22. The molecule has 0 radical (unpaired) electrons. The molecule has 0 amide bonds. The van der Waals surface area contributed by atoms with Gasteiger partial charge in [0, 0.05) is 34.8 Å². The van der Waals surface area contributed by atoms with E-state index in [-0.39, 0.29) is 10.7 Å². The third-order valence-electron chi connectivity index (χ3n) is 5.79. The van der Waals surface area contributed by atoms with Gasteiger partial charge in [-0.05, 0) is 68.1 Å². The van der Waals surface area contributed by atoms with Crippen LogP contribution in [0.5, 0.6) is 0 Å². The number of nitrogens with one attached hydrogen (secondary N) is 1. The lowest BCUT2D eigenvalue weighted by atomic mass is 9.84. The molecule has 0 atom stereocenters. The summed E-state index contributed by atoms with van der Waals surface area (Å²) in [5, 5.41) is 3.34. The van der Waals surface area contributed by atoms with Crippen molar-refractivity contribution in [2.45, 2.75) is 6.42 Å². The fourth-order valence-corrected chi connectivity index (χ4v) is 4.27. The highest BCUT2D eigenvalue weighted by atomic mass is 35.5. The molecule has 3 aromatic rings. The van der Waals surface area contributed by atoms with E-state index in [1.165, 1.54) is 24.3 Å².